The molecule has 0 amide bonds. The molecule has 1 heterocycles. The van der Waals surface area contributed by atoms with Gasteiger partial charge in [-0.2, -0.15) is 18.2 Å². The summed E-state index contributed by atoms with van der Waals surface area (Å²) >= 11 is 6.06. The third kappa shape index (κ3) is 5.47. The van der Waals surface area contributed by atoms with Gasteiger partial charge in [0.1, 0.15) is 5.82 Å². The van der Waals surface area contributed by atoms with Crippen LogP contribution >= 0.6 is 11.6 Å². The Bertz CT molecular complexity index is 740. The van der Waals surface area contributed by atoms with Crippen molar-refractivity contribution in [1.29, 1.82) is 0 Å². The van der Waals surface area contributed by atoms with E-state index in [2.05, 4.69) is 20.6 Å². The number of aromatic nitrogens is 2. The number of hydrogen-bond acceptors (Lipinski definition) is 5. The first kappa shape index (κ1) is 20.3. The molecule has 0 bridgehead atoms. The Morgan fingerprint density at radius 2 is 1.88 bits per heavy atom. The van der Waals surface area contributed by atoms with Gasteiger partial charge in [-0.05, 0) is 17.5 Å². The van der Waals surface area contributed by atoms with E-state index in [1.54, 1.807) is 24.3 Å². The number of anilines is 2. The van der Waals surface area contributed by atoms with Crippen LogP contribution in [0.4, 0.5) is 24.9 Å². The summed E-state index contributed by atoms with van der Waals surface area (Å²) in [6, 6.07) is 7.38. The molecule has 1 atom stereocenters. The van der Waals surface area contributed by atoms with Crippen molar-refractivity contribution in [3.8, 4) is 0 Å². The molecular formula is C17H20ClF3N4O. The molecule has 5 nitrogen and oxygen atoms in total. The predicted molar refractivity (Wildman–Crippen MR) is 95.1 cm³/mol. The van der Waals surface area contributed by atoms with E-state index in [9.17, 15) is 18.3 Å². The number of aliphatic hydroxyl groups is 1. The number of hydrogen-bond donors (Lipinski definition) is 3. The molecule has 142 valence electrons. The molecule has 0 aliphatic rings. The molecule has 0 aliphatic carbocycles. The predicted octanol–water partition coefficient (Wildman–Crippen LogP) is 4.19. The fourth-order valence-electron chi connectivity index (χ4n) is 2.16. The lowest BCUT2D eigenvalue weighted by atomic mass is 10.1. The van der Waals surface area contributed by atoms with Gasteiger partial charge in [0.05, 0.1) is 12.6 Å². The highest BCUT2D eigenvalue weighted by Gasteiger charge is 2.34. The largest absolute Gasteiger partial charge is 0.433 e. The minimum absolute atomic E-state index is 0.00944. The Hall–Kier alpha value is -2.06. The van der Waals surface area contributed by atoms with Gasteiger partial charge in [-0.1, -0.05) is 43.6 Å². The normalized spacial score (nSPS) is 12.9. The van der Waals surface area contributed by atoms with E-state index in [1.807, 2.05) is 13.8 Å². The smallest absolute Gasteiger partial charge is 0.394 e. The summed E-state index contributed by atoms with van der Waals surface area (Å²) in [6.45, 7) is 3.62. The van der Waals surface area contributed by atoms with Gasteiger partial charge < -0.3 is 15.7 Å². The average Bonchev–Trinajstić information content (AvgIpc) is 2.57. The van der Waals surface area contributed by atoms with Crippen molar-refractivity contribution in [2.75, 3.05) is 17.2 Å². The highest BCUT2D eigenvalue weighted by atomic mass is 35.5. The molecule has 26 heavy (non-hydrogen) atoms. The third-order valence-electron chi connectivity index (χ3n) is 3.75. The van der Waals surface area contributed by atoms with Gasteiger partial charge in [-0.15, -0.1) is 0 Å². The molecule has 2 rings (SSSR count). The van der Waals surface area contributed by atoms with Gasteiger partial charge in [0.2, 0.25) is 5.95 Å². The first-order valence-corrected chi connectivity index (χ1v) is 8.39. The highest BCUT2D eigenvalue weighted by molar-refractivity contribution is 6.31. The number of nitrogens with one attached hydrogen (secondary N) is 2. The zero-order chi connectivity index (χ0) is 19.3. The van der Waals surface area contributed by atoms with Gasteiger partial charge in [0.15, 0.2) is 5.69 Å². The maximum atomic E-state index is 13.1. The SMILES string of the molecule is CC(C)[C@H](CO)Nc1nc(NCc2ccccc2Cl)cc(C(F)(F)F)n1. The monoisotopic (exact) mass is 388 g/mol. The molecule has 0 unspecified atom stereocenters. The molecule has 2 aromatic rings. The lowest BCUT2D eigenvalue weighted by Gasteiger charge is -2.21. The third-order valence-corrected chi connectivity index (χ3v) is 4.12. The standard InChI is InChI=1S/C17H20ClF3N4O/c1-10(2)13(9-26)23-16-24-14(17(19,20)21)7-15(25-16)22-8-11-5-3-4-6-12(11)18/h3-7,10,13,26H,8-9H2,1-2H3,(H2,22,23,24,25)/t13-/m0/s1. The second-order valence-electron chi connectivity index (χ2n) is 6.08. The van der Waals surface area contributed by atoms with Crippen LogP contribution < -0.4 is 10.6 Å². The van der Waals surface area contributed by atoms with Crippen LogP contribution in [-0.2, 0) is 12.7 Å². The molecular weight excluding hydrogens is 369 g/mol. The molecule has 0 radical (unpaired) electrons. The first-order valence-electron chi connectivity index (χ1n) is 8.01. The van der Waals surface area contributed by atoms with E-state index in [0.29, 0.717) is 5.02 Å². The molecule has 1 aromatic carbocycles. The number of rotatable bonds is 7. The molecule has 0 saturated carbocycles. The molecule has 1 aromatic heterocycles. The van der Waals surface area contributed by atoms with Gasteiger partial charge in [0.25, 0.3) is 0 Å². The van der Waals surface area contributed by atoms with Crippen molar-refractivity contribution in [3.63, 3.8) is 0 Å². The van der Waals surface area contributed by atoms with E-state index in [-0.39, 0.29) is 30.8 Å². The minimum atomic E-state index is -4.62. The summed E-state index contributed by atoms with van der Waals surface area (Å²) in [7, 11) is 0. The van der Waals surface area contributed by atoms with Crippen LogP contribution in [0.5, 0.6) is 0 Å². The lowest BCUT2D eigenvalue weighted by molar-refractivity contribution is -0.141. The summed E-state index contributed by atoms with van der Waals surface area (Å²) in [6.07, 6.45) is -4.62. The van der Waals surface area contributed by atoms with Crippen LogP contribution in [0, 0.1) is 5.92 Å². The Labute approximate surface area is 154 Å². The van der Waals surface area contributed by atoms with Crippen LogP contribution in [0.2, 0.25) is 5.02 Å². The summed E-state index contributed by atoms with van der Waals surface area (Å²) in [4.78, 5) is 7.60. The molecule has 3 N–H and O–H groups in total. The van der Waals surface area contributed by atoms with E-state index >= 15 is 0 Å². The average molecular weight is 389 g/mol. The fraction of sp³-hybridized carbons (Fsp3) is 0.412. The molecule has 0 fully saturated rings. The molecule has 0 spiro atoms. The highest BCUT2D eigenvalue weighted by Crippen LogP contribution is 2.30. The minimum Gasteiger partial charge on any atom is -0.394 e. The second-order valence-corrected chi connectivity index (χ2v) is 6.49. The van der Waals surface area contributed by atoms with Crippen molar-refractivity contribution in [3.05, 3.63) is 46.6 Å². The number of nitrogens with zero attached hydrogens (tertiary/aromatic N) is 2. The Morgan fingerprint density at radius 1 is 1.19 bits per heavy atom. The Kier molecular flexibility index (Phi) is 6.66. The zero-order valence-electron chi connectivity index (χ0n) is 14.3. The number of benzene rings is 1. The zero-order valence-corrected chi connectivity index (χ0v) is 15.1. The van der Waals surface area contributed by atoms with Crippen LogP contribution in [0.1, 0.15) is 25.1 Å². The van der Waals surface area contributed by atoms with Gasteiger partial charge in [-0.25, -0.2) is 4.98 Å². The van der Waals surface area contributed by atoms with Crippen molar-refractivity contribution >= 4 is 23.4 Å². The van der Waals surface area contributed by atoms with Crippen molar-refractivity contribution < 1.29 is 18.3 Å². The topological polar surface area (TPSA) is 70.1 Å². The van der Waals surface area contributed by atoms with Gasteiger partial charge in [0, 0.05) is 17.6 Å². The van der Waals surface area contributed by atoms with E-state index in [1.165, 1.54) is 0 Å². The maximum Gasteiger partial charge on any atom is 0.433 e. The first-order chi connectivity index (χ1) is 12.2. The number of aliphatic hydroxyl groups excluding tert-OH is 1. The second kappa shape index (κ2) is 8.55. The summed E-state index contributed by atoms with van der Waals surface area (Å²) in [5.74, 6) is -0.206. The van der Waals surface area contributed by atoms with Crippen LogP contribution in [0.3, 0.4) is 0 Å². The number of alkyl halides is 3. The van der Waals surface area contributed by atoms with Gasteiger partial charge in [-0.3, -0.25) is 0 Å². The van der Waals surface area contributed by atoms with Crippen LogP contribution in [0.25, 0.3) is 0 Å². The van der Waals surface area contributed by atoms with Crippen LogP contribution in [-0.4, -0.2) is 27.7 Å². The summed E-state index contributed by atoms with van der Waals surface area (Å²) in [5.41, 5.74) is -0.344. The van der Waals surface area contributed by atoms with E-state index in [0.717, 1.165) is 11.6 Å². The van der Waals surface area contributed by atoms with Crippen molar-refractivity contribution in [1.82, 2.24) is 9.97 Å². The fourth-order valence-corrected chi connectivity index (χ4v) is 2.37. The van der Waals surface area contributed by atoms with Crippen molar-refractivity contribution in [2.24, 2.45) is 5.92 Å². The number of halogens is 4. The van der Waals surface area contributed by atoms with Crippen molar-refractivity contribution in [2.45, 2.75) is 32.6 Å². The summed E-state index contributed by atoms with van der Waals surface area (Å²) in [5, 5.41) is 15.5. The maximum absolute atomic E-state index is 13.1. The van der Waals surface area contributed by atoms with E-state index < -0.39 is 17.9 Å². The van der Waals surface area contributed by atoms with E-state index in [4.69, 9.17) is 11.6 Å². The summed E-state index contributed by atoms with van der Waals surface area (Å²) < 4.78 is 39.4. The molecule has 0 aliphatic heterocycles. The Balaban J connectivity index is 2.27. The molecule has 9 heteroatoms. The quantitative estimate of drug-likeness (QED) is 0.663. The van der Waals surface area contributed by atoms with Gasteiger partial charge >= 0.3 is 6.18 Å². The van der Waals surface area contributed by atoms with Crippen LogP contribution in [0.15, 0.2) is 30.3 Å². The lowest BCUT2D eigenvalue weighted by Crippen LogP contribution is -2.30. The Morgan fingerprint density at radius 3 is 2.46 bits per heavy atom. The molecule has 0 saturated heterocycles.